The highest BCUT2D eigenvalue weighted by atomic mass is 32.2. The fourth-order valence-corrected chi connectivity index (χ4v) is 5.26. The lowest BCUT2D eigenvalue weighted by atomic mass is 9.97. The second-order valence-corrected chi connectivity index (χ2v) is 9.66. The fourth-order valence-electron chi connectivity index (χ4n) is 4.45. The first kappa shape index (κ1) is 20.1. The summed E-state index contributed by atoms with van der Waals surface area (Å²) in [5, 5.41) is 13.1. The zero-order valence-electron chi connectivity index (χ0n) is 17.2. The number of hydrogen-bond donors (Lipinski definition) is 2. The van der Waals surface area contributed by atoms with Gasteiger partial charge in [0.25, 0.3) is 0 Å². The molecule has 0 radical (unpaired) electrons. The van der Waals surface area contributed by atoms with Gasteiger partial charge in [0.1, 0.15) is 0 Å². The summed E-state index contributed by atoms with van der Waals surface area (Å²) in [6.45, 7) is 5.22. The molecule has 29 heavy (non-hydrogen) atoms. The van der Waals surface area contributed by atoms with Crippen molar-refractivity contribution in [2.24, 2.45) is 4.36 Å². The van der Waals surface area contributed by atoms with E-state index in [1.54, 1.807) is 32.0 Å². The lowest BCUT2D eigenvalue weighted by Crippen LogP contribution is -2.15. The summed E-state index contributed by atoms with van der Waals surface area (Å²) in [6.07, 6.45) is 6.27. The van der Waals surface area contributed by atoms with Crippen molar-refractivity contribution < 1.29 is 14.1 Å². The summed E-state index contributed by atoms with van der Waals surface area (Å²) in [5.74, 6) is 0. The number of hydrogen-bond acceptors (Lipinski definition) is 4. The Kier molecular flexibility index (Phi) is 5.25. The Morgan fingerprint density at radius 3 is 2.24 bits per heavy atom. The Labute approximate surface area is 173 Å². The third kappa shape index (κ3) is 3.96. The van der Waals surface area contributed by atoms with Crippen LogP contribution in [-0.4, -0.2) is 11.1 Å². The number of urea groups is 1. The van der Waals surface area contributed by atoms with Crippen molar-refractivity contribution in [3.05, 3.63) is 57.6 Å². The lowest BCUT2D eigenvalue weighted by Gasteiger charge is -2.20. The number of anilines is 1. The van der Waals surface area contributed by atoms with Crippen LogP contribution in [0.25, 0.3) is 0 Å². The molecular formula is C23H27N2O3S-. The van der Waals surface area contributed by atoms with Crippen molar-refractivity contribution in [1.29, 1.82) is 0 Å². The van der Waals surface area contributed by atoms with Crippen LogP contribution in [0, 0.1) is 6.92 Å². The van der Waals surface area contributed by atoms with E-state index in [0.717, 1.165) is 55.3 Å². The molecule has 0 spiro atoms. The van der Waals surface area contributed by atoms with Gasteiger partial charge >= 0.3 is 6.03 Å². The molecule has 0 aliphatic heterocycles. The molecule has 154 valence electrons. The van der Waals surface area contributed by atoms with Crippen LogP contribution in [0.4, 0.5) is 10.5 Å². The number of benzene rings is 2. The first-order valence-corrected chi connectivity index (χ1v) is 11.3. The maximum absolute atomic E-state index is 12.7. The smallest absolute Gasteiger partial charge is 0.322 e. The minimum absolute atomic E-state index is 0.483. The standard InChI is InChI=1S/C23H27N2O3S/c1-14-12-17(23(2,3)27)10-11-20(14)29(28)25-22(26)24-21-18-8-4-6-15(18)13-16-7-5-9-19(16)21/h10-13,27H,4-9H2,1-3H3,(H,24,26)/q-1. The van der Waals surface area contributed by atoms with Crippen LogP contribution in [-0.2, 0) is 46.1 Å². The number of carbonyl (C=O) groups excluding carboxylic acids is 1. The highest BCUT2D eigenvalue weighted by Crippen LogP contribution is 2.38. The van der Waals surface area contributed by atoms with Gasteiger partial charge in [0, 0.05) is 5.69 Å². The summed E-state index contributed by atoms with van der Waals surface area (Å²) in [5.41, 5.74) is 6.52. The summed E-state index contributed by atoms with van der Waals surface area (Å²) in [4.78, 5) is 13.1. The maximum Gasteiger partial charge on any atom is 0.322 e. The van der Waals surface area contributed by atoms with Crippen molar-refractivity contribution in [1.82, 2.24) is 0 Å². The van der Waals surface area contributed by atoms with Gasteiger partial charge in [0.15, 0.2) is 0 Å². The topological polar surface area (TPSA) is 78.8 Å². The largest absolute Gasteiger partial charge is 0.439 e. The van der Waals surface area contributed by atoms with Crippen molar-refractivity contribution in [2.75, 3.05) is 5.32 Å². The van der Waals surface area contributed by atoms with Gasteiger partial charge < -0.3 is 19.0 Å². The van der Waals surface area contributed by atoms with Crippen LogP contribution in [0.1, 0.15) is 60.1 Å². The number of aryl methyl sites for hydroxylation is 3. The molecule has 0 atom stereocenters. The number of aliphatic hydroxyl groups is 1. The zero-order valence-corrected chi connectivity index (χ0v) is 18.0. The van der Waals surface area contributed by atoms with Crippen molar-refractivity contribution in [2.45, 2.75) is 69.8 Å². The van der Waals surface area contributed by atoms with Crippen LogP contribution in [0.5, 0.6) is 0 Å². The van der Waals surface area contributed by atoms with Gasteiger partial charge in [-0.05, 0) is 87.1 Å². The molecule has 0 saturated carbocycles. The number of rotatable bonds is 3. The SMILES string of the molecule is Cc1cc(C(C)(C)O)ccc1[S-](=O)=NC(=O)Nc1c2c(cc3c1CCC3)CCC2. The highest BCUT2D eigenvalue weighted by Gasteiger charge is 2.24. The average Bonchev–Trinajstić information content (AvgIpc) is 3.29. The molecule has 2 N–H and O–H groups in total. The molecule has 0 fully saturated rings. The number of nitrogens with zero attached hydrogens (tertiary/aromatic N) is 1. The number of carbonyl (C=O) groups is 1. The maximum atomic E-state index is 12.7. The monoisotopic (exact) mass is 411 g/mol. The molecule has 0 saturated heterocycles. The van der Waals surface area contributed by atoms with E-state index in [1.165, 1.54) is 22.3 Å². The summed E-state index contributed by atoms with van der Waals surface area (Å²) in [7, 11) is -1.80. The molecule has 6 heteroatoms. The van der Waals surface area contributed by atoms with Gasteiger partial charge in [-0.1, -0.05) is 34.7 Å². The Morgan fingerprint density at radius 2 is 1.69 bits per heavy atom. The minimum Gasteiger partial charge on any atom is -0.439 e. The Balaban J connectivity index is 1.61. The molecule has 4 rings (SSSR count). The van der Waals surface area contributed by atoms with Crippen molar-refractivity contribution in [3.8, 4) is 0 Å². The van der Waals surface area contributed by atoms with E-state index in [0.29, 0.717) is 4.90 Å². The fraction of sp³-hybridized carbons (Fsp3) is 0.435. The molecule has 2 amide bonds. The Morgan fingerprint density at radius 1 is 1.07 bits per heavy atom. The van der Waals surface area contributed by atoms with Crippen LogP contribution in [0.15, 0.2) is 33.5 Å². The second kappa shape index (κ2) is 7.58. The second-order valence-electron chi connectivity index (χ2n) is 8.54. The molecule has 2 aromatic carbocycles. The van der Waals surface area contributed by atoms with E-state index in [2.05, 4.69) is 15.7 Å². The molecular weight excluding hydrogens is 384 g/mol. The van der Waals surface area contributed by atoms with E-state index in [4.69, 9.17) is 0 Å². The van der Waals surface area contributed by atoms with E-state index >= 15 is 0 Å². The number of amides is 2. The molecule has 2 aromatic rings. The van der Waals surface area contributed by atoms with Crippen LogP contribution >= 0.6 is 0 Å². The lowest BCUT2D eigenvalue weighted by molar-refractivity contribution is 0.0784. The number of fused-ring (bicyclic) bond motifs is 2. The number of nitrogens with one attached hydrogen (secondary N) is 1. The van der Waals surface area contributed by atoms with Crippen LogP contribution in [0.2, 0.25) is 0 Å². The van der Waals surface area contributed by atoms with Gasteiger partial charge in [-0.3, -0.25) is 0 Å². The predicted octanol–water partition coefficient (Wildman–Crippen LogP) is 4.94. The van der Waals surface area contributed by atoms with Crippen molar-refractivity contribution >= 4 is 22.3 Å². The summed E-state index contributed by atoms with van der Waals surface area (Å²) < 4.78 is 16.6. The quantitative estimate of drug-likeness (QED) is 0.702. The van der Waals surface area contributed by atoms with Gasteiger partial charge in [0.05, 0.1) is 5.60 Å². The van der Waals surface area contributed by atoms with Gasteiger partial charge in [-0.2, -0.15) is 10.6 Å². The predicted molar refractivity (Wildman–Crippen MR) is 115 cm³/mol. The molecule has 0 heterocycles. The average molecular weight is 412 g/mol. The molecule has 0 unspecified atom stereocenters. The minimum atomic E-state index is -1.80. The summed E-state index contributed by atoms with van der Waals surface area (Å²) in [6, 6.07) is 6.93. The van der Waals surface area contributed by atoms with E-state index in [1.807, 2.05) is 6.92 Å². The normalized spacial score (nSPS) is 16.6. The van der Waals surface area contributed by atoms with Gasteiger partial charge in [0.2, 0.25) is 0 Å². The first-order valence-electron chi connectivity index (χ1n) is 10.2. The molecule has 0 bridgehead atoms. The highest BCUT2D eigenvalue weighted by molar-refractivity contribution is 7.75. The van der Waals surface area contributed by atoms with Gasteiger partial charge in [-0.15, -0.1) is 0 Å². The van der Waals surface area contributed by atoms with Crippen LogP contribution < -0.4 is 5.32 Å². The molecule has 5 nitrogen and oxygen atoms in total. The molecule has 2 aliphatic carbocycles. The van der Waals surface area contributed by atoms with Gasteiger partial charge in [-0.25, -0.2) is 4.79 Å². The third-order valence-corrected chi connectivity index (χ3v) is 7.11. The van der Waals surface area contributed by atoms with E-state index in [9.17, 15) is 14.1 Å². The zero-order chi connectivity index (χ0) is 20.8. The Hall–Kier alpha value is -2.18. The Bertz CT molecular complexity index is 1040. The first-order chi connectivity index (χ1) is 13.7. The third-order valence-electron chi connectivity index (χ3n) is 5.94. The van der Waals surface area contributed by atoms with E-state index in [-0.39, 0.29) is 0 Å². The molecule has 2 aliphatic rings. The van der Waals surface area contributed by atoms with Crippen LogP contribution in [0.3, 0.4) is 0 Å². The summed E-state index contributed by atoms with van der Waals surface area (Å²) >= 11 is 0. The van der Waals surface area contributed by atoms with Crippen molar-refractivity contribution in [3.63, 3.8) is 0 Å². The van der Waals surface area contributed by atoms with E-state index < -0.39 is 22.2 Å². The molecule has 0 aromatic heterocycles.